The van der Waals surface area contributed by atoms with Gasteiger partial charge in [0.1, 0.15) is 11.9 Å². The monoisotopic (exact) mass is 472 g/mol. The van der Waals surface area contributed by atoms with E-state index in [4.69, 9.17) is 9.88 Å². The molecule has 1 atom stereocenters. The Morgan fingerprint density at radius 1 is 1.15 bits per heavy atom. The van der Waals surface area contributed by atoms with Gasteiger partial charge >= 0.3 is 0 Å². The number of nitrogens with one attached hydrogen (secondary N) is 2. The van der Waals surface area contributed by atoms with Crippen molar-refractivity contribution in [2.24, 2.45) is 5.14 Å². The summed E-state index contributed by atoms with van der Waals surface area (Å²) in [5.74, 6) is 0.172. The van der Waals surface area contributed by atoms with Gasteiger partial charge in [0, 0.05) is 24.5 Å². The van der Waals surface area contributed by atoms with Gasteiger partial charge in [0.15, 0.2) is 11.6 Å². The SMILES string of the molecule is Cc1ccc(Nc2ncc(F)c(Nc3ccc(OC4CCN(C)C4)cc3)n2)cc1S(N)(=O)=O. The van der Waals surface area contributed by atoms with E-state index in [0.29, 0.717) is 16.9 Å². The molecule has 1 aliphatic rings. The maximum atomic E-state index is 14.3. The van der Waals surface area contributed by atoms with Gasteiger partial charge in [-0.2, -0.15) is 4.98 Å². The number of hydrogen-bond donors (Lipinski definition) is 3. The molecule has 1 aromatic heterocycles. The first-order valence-corrected chi connectivity index (χ1v) is 11.9. The summed E-state index contributed by atoms with van der Waals surface area (Å²) in [5.41, 5.74) is 1.54. The fourth-order valence-electron chi connectivity index (χ4n) is 3.57. The normalized spacial score (nSPS) is 16.5. The quantitative estimate of drug-likeness (QED) is 0.479. The largest absolute Gasteiger partial charge is 0.489 e. The van der Waals surface area contributed by atoms with Gasteiger partial charge in [0.05, 0.1) is 11.1 Å². The lowest BCUT2D eigenvalue weighted by atomic mass is 10.2. The third-order valence-corrected chi connectivity index (χ3v) is 6.32. The molecular formula is C22H25FN6O3S. The summed E-state index contributed by atoms with van der Waals surface area (Å²) in [7, 11) is -1.82. The molecule has 4 N–H and O–H groups in total. The molecule has 2 heterocycles. The lowest BCUT2D eigenvalue weighted by Crippen LogP contribution is -2.21. The molecule has 11 heteroatoms. The molecular weight excluding hydrogens is 447 g/mol. The van der Waals surface area contributed by atoms with Crippen LogP contribution >= 0.6 is 0 Å². The summed E-state index contributed by atoms with van der Waals surface area (Å²) < 4.78 is 43.8. The fraction of sp³-hybridized carbons (Fsp3) is 0.273. The van der Waals surface area contributed by atoms with Crippen molar-refractivity contribution in [2.45, 2.75) is 24.3 Å². The number of nitrogens with zero attached hydrogens (tertiary/aromatic N) is 3. The Hall–Kier alpha value is -3.28. The zero-order valence-corrected chi connectivity index (χ0v) is 19.1. The summed E-state index contributed by atoms with van der Waals surface area (Å²) in [6.45, 7) is 3.55. The second kappa shape index (κ2) is 9.30. The smallest absolute Gasteiger partial charge is 0.238 e. The van der Waals surface area contributed by atoms with Crippen molar-refractivity contribution in [3.8, 4) is 5.75 Å². The van der Waals surface area contributed by atoms with Crippen molar-refractivity contribution >= 4 is 33.2 Å². The molecule has 0 spiro atoms. The summed E-state index contributed by atoms with van der Waals surface area (Å²) in [6, 6.07) is 11.8. The van der Waals surface area contributed by atoms with Crippen LogP contribution in [0.25, 0.3) is 0 Å². The number of primary sulfonamides is 1. The highest BCUT2D eigenvalue weighted by molar-refractivity contribution is 7.89. The van der Waals surface area contributed by atoms with Gasteiger partial charge in [0.2, 0.25) is 16.0 Å². The van der Waals surface area contributed by atoms with Crippen LogP contribution in [0.15, 0.2) is 53.6 Å². The van der Waals surface area contributed by atoms with Gasteiger partial charge in [-0.1, -0.05) is 6.07 Å². The maximum absolute atomic E-state index is 14.3. The minimum Gasteiger partial charge on any atom is -0.489 e. The average Bonchev–Trinajstić information content (AvgIpc) is 3.17. The number of rotatable bonds is 7. The van der Waals surface area contributed by atoms with E-state index < -0.39 is 15.8 Å². The second-order valence-electron chi connectivity index (χ2n) is 7.98. The summed E-state index contributed by atoms with van der Waals surface area (Å²) >= 11 is 0. The number of anilines is 4. The molecule has 9 nitrogen and oxygen atoms in total. The molecule has 1 saturated heterocycles. The van der Waals surface area contributed by atoms with E-state index >= 15 is 0 Å². The van der Waals surface area contributed by atoms with Crippen LogP contribution in [0.2, 0.25) is 0 Å². The third kappa shape index (κ3) is 5.75. The van der Waals surface area contributed by atoms with Crippen LogP contribution in [-0.4, -0.2) is 49.5 Å². The van der Waals surface area contributed by atoms with Crippen molar-refractivity contribution in [3.05, 3.63) is 60.0 Å². The lowest BCUT2D eigenvalue weighted by Gasteiger charge is -2.14. The molecule has 2 aromatic carbocycles. The minimum absolute atomic E-state index is 0.0143. The summed E-state index contributed by atoms with van der Waals surface area (Å²) in [5, 5.41) is 11.1. The van der Waals surface area contributed by atoms with E-state index in [9.17, 15) is 12.8 Å². The first kappa shape index (κ1) is 22.9. The van der Waals surface area contributed by atoms with Gasteiger partial charge < -0.3 is 20.3 Å². The number of aryl methyl sites for hydroxylation is 1. The molecule has 1 unspecified atom stereocenters. The van der Waals surface area contributed by atoms with Gasteiger partial charge in [-0.3, -0.25) is 0 Å². The molecule has 174 valence electrons. The van der Waals surface area contributed by atoms with Crippen molar-refractivity contribution in [1.82, 2.24) is 14.9 Å². The Bertz CT molecular complexity index is 1250. The van der Waals surface area contributed by atoms with E-state index in [1.807, 2.05) is 12.1 Å². The Labute approximate surface area is 191 Å². The highest BCUT2D eigenvalue weighted by Crippen LogP contribution is 2.25. The highest BCUT2D eigenvalue weighted by Gasteiger charge is 2.20. The highest BCUT2D eigenvalue weighted by atomic mass is 32.2. The number of halogens is 1. The number of likely N-dealkylation sites (tertiary alicyclic amines) is 1. The zero-order valence-electron chi connectivity index (χ0n) is 18.2. The first-order valence-electron chi connectivity index (χ1n) is 10.3. The number of ether oxygens (including phenoxy) is 1. The molecule has 0 aliphatic carbocycles. The fourth-order valence-corrected chi connectivity index (χ4v) is 4.37. The van der Waals surface area contributed by atoms with Crippen LogP contribution in [0.1, 0.15) is 12.0 Å². The third-order valence-electron chi connectivity index (χ3n) is 5.26. The number of nitrogens with two attached hydrogens (primary N) is 1. The van der Waals surface area contributed by atoms with Crippen LogP contribution in [-0.2, 0) is 10.0 Å². The van der Waals surface area contributed by atoms with Crippen molar-refractivity contribution in [2.75, 3.05) is 30.8 Å². The van der Waals surface area contributed by atoms with Gasteiger partial charge in [0.25, 0.3) is 0 Å². The second-order valence-corrected chi connectivity index (χ2v) is 9.51. The van der Waals surface area contributed by atoms with E-state index in [-0.39, 0.29) is 22.8 Å². The number of aromatic nitrogens is 2. The van der Waals surface area contributed by atoms with E-state index in [1.54, 1.807) is 31.2 Å². The van der Waals surface area contributed by atoms with Crippen molar-refractivity contribution in [3.63, 3.8) is 0 Å². The Balaban J connectivity index is 1.47. The number of hydrogen-bond acceptors (Lipinski definition) is 8. The van der Waals surface area contributed by atoms with Crippen LogP contribution in [0.3, 0.4) is 0 Å². The number of likely N-dealkylation sites (N-methyl/N-ethyl adjacent to an activating group) is 1. The van der Waals surface area contributed by atoms with Crippen LogP contribution in [0.4, 0.5) is 27.5 Å². The molecule has 0 radical (unpaired) electrons. The molecule has 0 bridgehead atoms. The zero-order chi connectivity index (χ0) is 23.6. The van der Waals surface area contributed by atoms with Gasteiger partial charge in [-0.05, 0) is 62.4 Å². The van der Waals surface area contributed by atoms with Crippen molar-refractivity contribution in [1.29, 1.82) is 0 Å². The predicted octanol–water partition coefficient (Wildman–Crippen LogP) is 3.14. The standard InChI is InChI=1S/C22H25FN6O3S/c1-14-3-4-16(11-20(14)33(24,30)31)27-22-25-12-19(23)21(28-22)26-15-5-7-17(8-6-15)32-18-9-10-29(2)13-18/h3-8,11-12,18H,9-10,13H2,1-2H3,(H2,24,30,31)(H2,25,26,27,28). The van der Waals surface area contributed by atoms with E-state index in [2.05, 4.69) is 32.5 Å². The summed E-state index contributed by atoms with van der Waals surface area (Å²) in [4.78, 5) is 10.3. The maximum Gasteiger partial charge on any atom is 0.238 e. The molecule has 0 saturated carbocycles. The Morgan fingerprint density at radius 3 is 2.55 bits per heavy atom. The van der Waals surface area contributed by atoms with Gasteiger partial charge in [-0.15, -0.1) is 0 Å². The predicted molar refractivity (Wildman–Crippen MR) is 124 cm³/mol. The molecule has 3 aromatic rings. The summed E-state index contributed by atoms with van der Waals surface area (Å²) in [6.07, 6.45) is 2.18. The molecule has 1 fully saturated rings. The first-order chi connectivity index (χ1) is 15.7. The van der Waals surface area contributed by atoms with Crippen LogP contribution in [0, 0.1) is 12.7 Å². The van der Waals surface area contributed by atoms with Crippen LogP contribution in [0.5, 0.6) is 5.75 Å². The molecule has 33 heavy (non-hydrogen) atoms. The number of sulfonamides is 1. The van der Waals surface area contributed by atoms with E-state index in [1.165, 1.54) is 6.07 Å². The number of benzene rings is 2. The Kier molecular flexibility index (Phi) is 6.45. The minimum atomic E-state index is -3.88. The van der Waals surface area contributed by atoms with Gasteiger partial charge in [-0.25, -0.2) is 22.9 Å². The van der Waals surface area contributed by atoms with Crippen LogP contribution < -0.4 is 20.5 Å². The average molecular weight is 473 g/mol. The molecule has 4 rings (SSSR count). The molecule has 1 aliphatic heterocycles. The van der Waals surface area contributed by atoms with Crippen molar-refractivity contribution < 1.29 is 17.5 Å². The van der Waals surface area contributed by atoms with E-state index in [0.717, 1.165) is 31.5 Å². The Morgan fingerprint density at radius 2 is 1.88 bits per heavy atom. The topological polar surface area (TPSA) is 122 Å². The lowest BCUT2D eigenvalue weighted by molar-refractivity contribution is 0.208. The molecule has 0 amide bonds.